The first-order chi connectivity index (χ1) is 8.55. The highest BCUT2D eigenvalue weighted by Gasteiger charge is 2.59. The molecule has 0 saturated heterocycles. The van der Waals surface area contributed by atoms with Crippen LogP contribution in [-0.4, -0.2) is 22.9 Å². The number of nitrogens with zero attached hydrogens (tertiary/aromatic N) is 1. The predicted molar refractivity (Wildman–Crippen MR) is 67.6 cm³/mol. The van der Waals surface area contributed by atoms with Gasteiger partial charge in [0.05, 0.1) is 18.3 Å². The van der Waals surface area contributed by atoms with Gasteiger partial charge in [0.25, 0.3) is 0 Å². The van der Waals surface area contributed by atoms with Crippen molar-refractivity contribution in [3.05, 3.63) is 0 Å². The summed E-state index contributed by atoms with van der Waals surface area (Å²) in [6.07, 6.45) is 5.26. The molecule has 0 aromatic carbocycles. The van der Waals surface area contributed by atoms with E-state index in [-0.39, 0.29) is 6.10 Å². The van der Waals surface area contributed by atoms with Crippen LogP contribution in [0.4, 0.5) is 0 Å². The summed E-state index contributed by atoms with van der Waals surface area (Å²) in [5.74, 6) is 2.47. The third-order valence-corrected chi connectivity index (χ3v) is 5.59. The molecule has 0 aliphatic heterocycles. The average Bonchev–Trinajstić information content (AvgIpc) is 2.32. The molecule has 4 bridgehead atoms. The predicted octanol–water partition coefficient (Wildman–Crippen LogP) is 2.49. The van der Waals surface area contributed by atoms with Gasteiger partial charge < -0.3 is 9.84 Å². The molecule has 0 spiro atoms. The fourth-order valence-corrected chi connectivity index (χ4v) is 4.69. The summed E-state index contributed by atoms with van der Waals surface area (Å²) in [6.45, 7) is 3.63. The maximum atomic E-state index is 9.72. The van der Waals surface area contributed by atoms with Gasteiger partial charge in [0.15, 0.2) is 5.60 Å². The van der Waals surface area contributed by atoms with Crippen molar-refractivity contribution in [1.29, 1.82) is 5.26 Å². The van der Waals surface area contributed by atoms with Crippen LogP contribution in [0.15, 0.2) is 0 Å². The summed E-state index contributed by atoms with van der Waals surface area (Å²) in [7, 11) is 0. The van der Waals surface area contributed by atoms with E-state index in [1.165, 1.54) is 6.42 Å². The molecule has 0 aromatic rings. The van der Waals surface area contributed by atoms with E-state index < -0.39 is 11.7 Å². The maximum absolute atomic E-state index is 9.72. The van der Waals surface area contributed by atoms with E-state index in [0.717, 1.165) is 37.5 Å². The minimum Gasteiger partial charge on any atom is -0.391 e. The molecule has 0 amide bonds. The fraction of sp³-hybridized carbons (Fsp3) is 0.933. The third-order valence-electron chi connectivity index (χ3n) is 5.59. The minimum atomic E-state index is -0.607. The molecule has 18 heavy (non-hydrogen) atoms. The van der Waals surface area contributed by atoms with Gasteiger partial charge in [-0.05, 0) is 57.8 Å². The van der Waals surface area contributed by atoms with Crippen LogP contribution < -0.4 is 0 Å². The Kier molecular flexibility index (Phi) is 2.91. The molecular formula is C15H23NO2. The number of aliphatic hydroxyl groups excluding tert-OH is 1. The van der Waals surface area contributed by atoms with Crippen molar-refractivity contribution >= 4 is 0 Å². The first kappa shape index (κ1) is 12.4. The van der Waals surface area contributed by atoms with Crippen LogP contribution in [-0.2, 0) is 4.74 Å². The second kappa shape index (κ2) is 4.21. The topological polar surface area (TPSA) is 53.2 Å². The third kappa shape index (κ3) is 1.70. The van der Waals surface area contributed by atoms with Crippen LogP contribution in [0, 0.1) is 35.0 Å². The van der Waals surface area contributed by atoms with Crippen LogP contribution in [0.2, 0.25) is 0 Å². The van der Waals surface area contributed by atoms with Crippen LogP contribution in [0.3, 0.4) is 0 Å². The molecule has 4 aliphatic rings. The molecule has 3 nitrogen and oxygen atoms in total. The maximum Gasteiger partial charge on any atom is 0.160 e. The second-order valence-electron chi connectivity index (χ2n) is 6.77. The van der Waals surface area contributed by atoms with E-state index in [1.54, 1.807) is 6.92 Å². The molecule has 2 atom stereocenters. The van der Waals surface area contributed by atoms with Gasteiger partial charge in [0.1, 0.15) is 0 Å². The zero-order valence-electron chi connectivity index (χ0n) is 11.3. The average molecular weight is 249 g/mol. The quantitative estimate of drug-likeness (QED) is 0.836. The van der Waals surface area contributed by atoms with E-state index in [4.69, 9.17) is 4.74 Å². The van der Waals surface area contributed by atoms with E-state index in [2.05, 4.69) is 6.07 Å². The summed E-state index contributed by atoms with van der Waals surface area (Å²) >= 11 is 0. The molecule has 4 aliphatic carbocycles. The highest BCUT2D eigenvalue weighted by atomic mass is 16.5. The van der Waals surface area contributed by atoms with E-state index in [0.29, 0.717) is 11.8 Å². The summed E-state index contributed by atoms with van der Waals surface area (Å²) in [5.41, 5.74) is -0.607. The highest BCUT2D eigenvalue weighted by Crippen LogP contribution is 2.59. The summed E-state index contributed by atoms with van der Waals surface area (Å²) < 4.78 is 6.11. The van der Waals surface area contributed by atoms with Crippen molar-refractivity contribution < 1.29 is 9.84 Å². The lowest BCUT2D eigenvalue weighted by molar-refractivity contribution is -0.205. The smallest absolute Gasteiger partial charge is 0.160 e. The van der Waals surface area contributed by atoms with Gasteiger partial charge in [0.2, 0.25) is 0 Å². The Morgan fingerprint density at radius 1 is 1.11 bits per heavy atom. The molecule has 0 heterocycles. The van der Waals surface area contributed by atoms with Crippen molar-refractivity contribution in [1.82, 2.24) is 0 Å². The monoisotopic (exact) mass is 249 g/mol. The normalized spacial score (nSPS) is 48.8. The summed E-state index contributed by atoms with van der Waals surface area (Å²) in [6, 6.07) is 2.51. The standard InChI is InChI=1S/C15H23NO2/c1-9(17)10(2)18-15(8-16)13-4-11-3-12(6-13)7-14(15)5-11/h9-14,17H,3-7H2,1-2H3. The Morgan fingerprint density at radius 2 is 1.61 bits per heavy atom. The van der Waals surface area contributed by atoms with Gasteiger partial charge in [-0.1, -0.05) is 0 Å². The molecule has 4 rings (SSSR count). The number of aliphatic hydroxyl groups is 1. The Morgan fingerprint density at radius 3 is 2.00 bits per heavy atom. The Labute approximate surface area is 109 Å². The van der Waals surface area contributed by atoms with Gasteiger partial charge in [-0.2, -0.15) is 5.26 Å². The number of nitriles is 1. The van der Waals surface area contributed by atoms with Crippen LogP contribution in [0.5, 0.6) is 0 Å². The molecule has 0 radical (unpaired) electrons. The van der Waals surface area contributed by atoms with E-state index in [9.17, 15) is 10.4 Å². The minimum absolute atomic E-state index is 0.248. The van der Waals surface area contributed by atoms with Crippen LogP contribution in [0.1, 0.15) is 46.0 Å². The lowest BCUT2D eigenvalue weighted by Crippen LogP contribution is -2.59. The molecule has 0 aromatic heterocycles. The summed E-state index contributed by atoms with van der Waals surface area (Å²) in [4.78, 5) is 0. The van der Waals surface area contributed by atoms with Crippen molar-refractivity contribution in [3.63, 3.8) is 0 Å². The summed E-state index contributed by atoms with van der Waals surface area (Å²) in [5, 5.41) is 19.4. The van der Waals surface area contributed by atoms with E-state index in [1.807, 2.05) is 6.92 Å². The van der Waals surface area contributed by atoms with Crippen LogP contribution >= 0.6 is 0 Å². The van der Waals surface area contributed by atoms with Gasteiger partial charge >= 0.3 is 0 Å². The lowest BCUT2D eigenvalue weighted by atomic mass is 9.50. The van der Waals surface area contributed by atoms with Crippen molar-refractivity contribution in [2.24, 2.45) is 23.7 Å². The van der Waals surface area contributed by atoms with Crippen molar-refractivity contribution in [2.75, 3.05) is 0 Å². The second-order valence-corrected chi connectivity index (χ2v) is 6.77. The largest absolute Gasteiger partial charge is 0.391 e. The molecule has 4 saturated carbocycles. The Hall–Kier alpha value is -0.590. The molecule has 3 heteroatoms. The van der Waals surface area contributed by atoms with Crippen LogP contribution in [0.25, 0.3) is 0 Å². The highest BCUT2D eigenvalue weighted by molar-refractivity contribution is 5.18. The van der Waals surface area contributed by atoms with Gasteiger partial charge in [-0.3, -0.25) is 0 Å². The van der Waals surface area contributed by atoms with Gasteiger partial charge in [0, 0.05) is 11.8 Å². The molecule has 1 N–H and O–H groups in total. The first-order valence-electron chi connectivity index (χ1n) is 7.32. The molecule has 4 fully saturated rings. The van der Waals surface area contributed by atoms with Gasteiger partial charge in [-0.15, -0.1) is 0 Å². The van der Waals surface area contributed by atoms with Crippen molar-refractivity contribution in [3.8, 4) is 6.07 Å². The Balaban J connectivity index is 1.85. The lowest BCUT2D eigenvalue weighted by Gasteiger charge is -2.58. The van der Waals surface area contributed by atoms with Gasteiger partial charge in [-0.25, -0.2) is 0 Å². The molecule has 100 valence electrons. The first-order valence-corrected chi connectivity index (χ1v) is 7.32. The molecular weight excluding hydrogens is 226 g/mol. The Bertz CT molecular complexity index is 343. The zero-order valence-corrected chi connectivity index (χ0v) is 11.3. The van der Waals surface area contributed by atoms with Crippen molar-refractivity contribution in [2.45, 2.75) is 63.8 Å². The number of rotatable bonds is 3. The molecule has 2 unspecified atom stereocenters. The number of hydrogen-bond acceptors (Lipinski definition) is 3. The number of hydrogen-bond donors (Lipinski definition) is 1. The zero-order chi connectivity index (χ0) is 12.9. The fourth-order valence-electron chi connectivity index (χ4n) is 4.69. The number of ether oxygens (including phenoxy) is 1. The van der Waals surface area contributed by atoms with E-state index >= 15 is 0 Å². The SMILES string of the molecule is CC(O)C(C)OC1(C#N)C2CC3CC(C2)CC1C3.